The lowest BCUT2D eigenvalue weighted by Gasteiger charge is -2.37. The molecular formula is C35H38Cl2N4O5. The van der Waals surface area contributed by atoms with E-state index in [9.17, 15) is 14.4 Å². The van der Waals surface area contributed by atoms with E-state index in [0.29, 0.717) is 41.8 Å². The Balaban J connectivity index is 1.27. The minimum atomic E-state index is -0.335. The van der Waals surface area contributed by atoms with E-state index >= 15 is 0 Å². The highest BCUT2D eigenvalue weighted by Gasteiger charge is 2.32. The van der Waals surface area contributed by atoms with Gasteiger partial charge in [-0.3, -0.25) is 24.2 Å². The molecule has 2 saturated heterocycles. The third-order valence-corrected chi connectivity index (χ3v) is 9.71. The standard InChI is InChI=1S/C35H38Cl2N4O5/c1-38(33(42)22-41-30-19-28(36)29(37)20-32(30)46-23-34(41)43)31(21-39-13-15-45-16-14-39)26-9-5-7-24(17-26)25-8-6-10-27(18-25)35(44)40-11-3-2-4-12-40/h5-10,17-20,31H,2-4,11-16,21-23H2,1H3. The number of anilines is 1. The van der Waals surface area contributed by atoms with Crippen LogP contribution in [0.3, 0.4) is 0 Å². The van der Waals surface area contributed by atoms with Gasteiger partial charge in [0.05, 0.1) is 35.0 Å². The van der Waals surface area contributed by atoms with Crippen LogP contribution >= 0.6 is 23.2 Å². The summed E-state index contributed by atoms with van der Waals surface area (Å²) in [5.41, 5.74) is 3.95. The van der Waals surface area contributed by atoms with Gasteiger partial charge in [-0.25, -0.2) is 0 Å². The van der Waals surface area contributed by atoms with E-state index < -0.39 is 0 Å². The minimum Gasteiger partial charge on any atom is -0.482 e. The SMILES string of the molecule is CN(C(=O)CN1C(=O)COc2cc(Cl)c(Cl)cc21)C(CN1CCOCC1)c1cccc(-c2cccc(C(=O)N3CCCCC3)c2)c1. The Hall–Kier alpha value is -3.63. The summed E-state index contributed by atoms with van der Waals surface area (Å²) >= 11 is 12.5. The van der Waals surface area contributed by atoms with E-state index in [-0.39, 0.29) is 41.9 Å². The first-order valence-corrected chi connectivity index (χ1v) is 16.5. The highest BCUT2D eigenvalue weighted by molar-refractivity contribution is 6.42. The number of carbonyl (C=O) groups is 3. The summed E-state index contributed by atoms with van der Waals surface area (Å²) in [5.74, 6) is -0.0950. The molecule has 3 aromatic carbocycles. The van der Waals surface area contributed by atoms with Crippen molar-refractivity contribution in [2.75, 3.05) is 71.0 Å². The van der Waals surface area contributed by atoms with E-state index in [1.54, 1.807) is 24.1 Å². The van der Waals surface area contributed by atoms with Gasteiger partial charge >= 0.3 is 0 Å². The monoisotopic (exact) mass is 664 g/mol. The molecule has 6 rings (SSSR count). The predicted molar refractivity (Wildman–Crippen MR) is 179 cm³/mol. The van der Waals surface area contributed by atoms with Crippen molar-refractivity contribution in [1.29, 1.82) is 0 Å². The minimum absolute atomic E-state index is 0.0658. The first-order valence-electron chi connectivity index (χ1n) is 15.8. The van der Waals surface area contributed by atoms with Crippen molar-refractivity contribution < 1.29 is 23.9 Å². The maximum Gasteiger partial charge on any atom is 0.265 e. The van der Waals surface area contributed by atoms with Gasteiger partial charge in [0.25, 0.3) is 11.8 Å². The zero-order chi connectivity index (χ0) is 32.2. The molecule has 0 aliphatic carbocycles. The quantitative estimate of drug-likeness (QED) is 0.314. The van der Waals surface area contributed by atoms with Crippen molar-refractivity contribution in [1.82, 2.24) is 14.7 Å². The number of morpholine rings is 1. The van der Waals surface area contributed by atoms with Crippen LogP contribution in [0.15, 0.2) is 60.7 Å². The smallest absolute Gasteiger partial charge is 0.265 e. The summed E-state index contributed by atoms with van der Waals surface area (Å²) < 4.78 is 11.2. The maximum absolute atomic E-state index is 13.9. The fourth-order valence-corrected chi connectivity index (χ4v) is 6.62. The number of hydrogen-bond donors (Lipinski definition) is 0. The number of fused-ring (bicyclic) bond motifs is 1. The number of rotatable bonds is 8. The zero-order valence-electron chi connectivity index (χ0n) is 25.9. The Morgan fingerprint density at radius 3 is 2.35 bits per heavy atom. The van der Waals surface area contributed by atoms with Crippen LogP contribution in [-0.4, -0.2) is 98.6 Å². The number of ether oxygens (including phenoxy) is 2. The number of benzene rings is 3. The van der Waals surface area contributed by atoms with Crippen LogP contribution in [0.1, 0.15) is 41.2 Å². The van der Waals surface area contributed by atoms with Gasteiger partial charge in [0, 0.05) is 51.4 Å². The maximum atomic E-state index is 13.9. The Kier molecular flexibility index (Phi) is 10.1. The van der Waals surface area contributed by atoms with Gasteiger partial charge in [-0.1, -0.05) is 53.5 Å². The number of carbonyl (C=O) groups excluding carboxylic acids is 3. The predicted octanol–water partition coefficient (Wildman–Crippen LogP) is 5.54. The molecule has 3 aromatic rings. The number of amides is 3. The second kappa shape index (κ2) is 14.4. The van der Waals surface area contributed by atoms with Crippen molar-refractivity contribution in [3.63, 3.8) is 0 Å². The lowest BCUT2D eigenvalue weighted by atomic mass is 9.96. The summed E-state index contributed by atoms with van der Waals surface area (Å²) in [6.07, 6.45) is 3.25. The third-order valence-electron chi connectivity index (χ3n) is 8.99. The van der Waals surface area contributed by atoms with Crippen LogP contribution < -0.4 is 9.64 Å². The highest BCUT2D eigenvalue weighted by Crippen LogP contribution is 2.39. The normalized spacial score (nSPS) is 17.7. The molecule has 0 bridgehead atoms. The first kappa shape index (κ1) is 32.3. The molecular weight excluding hydrogens is 627 g/mol. The van der Waals surface area contributed by atoms with Crippen molar-refractivity contribution in [3.05, 3.63) is 81.8 Å². The van der Waals surface area contributed by atoms with Crippen LogP contribution in [0.5, 0.6) is 5.75 Å². The Labute approximate surface area is 279 Å². The lowest BCUT2D eigenvalue weighted by molar-refractivity contribution is -0.133. The topological polar surface area (TPSA) is 82.6 Å². The average molecular weight is 666 g/mol. The van der Waals surface area contributed by atoms with Gasteiger partial charge in [0.1, 0.15) is 12.3 Å². The summed E-state index contributed by atoms with van der Waals surface area (Å²) in [6.45, 7) is 4.59. The molecule has 3 heterocycles. The molecule has 0 aromatic heterocycles. The highest BCUT2D eigenvalue weighted by atomic mass is 35.5. The zero-order valence-corrected chi connectivity index (χ0v) is 27.4. The van der Waals surface area contributed by atoms with Gasteiger partial charge in [-0.2, -0.15) is 0 Å². The van der Waals surface area contributed by atoms with E-state index in [1.807, 2.05) is 47.4 Å². The number of piperidine rings is 1. The fraction of sp³-hybridized carbons (Fsp3) is 0.400. The van der Waals surface area contributed by atoms with Crippen LogP contribution in [0, 0.1) is 0 Å². The van der Waals surface area contributed by atoms with E-state index in [2.05, 4.69) is 11.0 Å². The Morgan fingerprint density at radius 1 is 0.891 bits per heavy atom. The fourth-order valence-electron chi connectivity index (χ4n) is 6.31. The summed E-state index contributed by atoms with van der Waals surface area (Å²) in [6, 6.07) is 18.7. The third kappa shape index (κ3) is 7.18. The van der Waals surface area contributed by atoms with E-state index in [4.69, 9.17) is 32.7 Å². The van der Waals surface area contributed by atoms with Crippen LogP contribution in [0.2, 0.25) is 10.0 Å². The summed E-state index contributed by atoms with van der Waals surface area (Å²) in [7, 11) is 1.78. The second-order valence-electron chi connectivity index (χ2n) is 12.0. The molecule has 0 spiro atoms. The molecule has 46 heavy (non-hydrogen) atoms. The van der Waals surface area contributed by atoms with Gasteiger partial charge in [0.15, 0.2) is 6.61 Å². The first-order chi connectivity index (χ1) is 22.3. The van der Waals surface area contributed by atoms with Gasteiger partial charge < -0.3 is 19.3 Å². The molecule has 1 unspecified atom stereocenters. The summed E-state index contributed by atoms with van der Waals surface area (Å²) in [4.78, 5) is 47.5. The van der Waals surface area contributed by atoms with Crippen molar-refractivity contribution in [2.24, 2.45) is 0 Å². The van der Waals surface area contributed by atoms with Crippen LogP contribution in [-0.2, 0) is 14.3 Å². The molecule has 1 atom stereocenters. The van der Waals surface area contributed by atoms with Gasteiger partial charge in [-0.15, -0.1) is 0 Å². The summed E-state index contributed by atoms with van der Waals surface area (Å²) in [5, 5.41) is 0.582. The number of likely N-dealkylation sites (N-methyl/N-ethyl adjacent to an activating group) is 1. The number of hydrogen-bond acceptors (Lipinski definition) is 6. The molecule has 242 valence electrons. The number of nitrogens with zero attached hydrogens (tertiary/aromatic N) is 4. The molecule has 2 fully saturated rings. The molecule has 11 heteroatoms. The second-order valence-corrected chi connectivity index (χ2v) is 12.8. The molecule has 0 N–H and O–H groups in total. The average Bonchev–Trinajstić information content (AvgIpc) is 3.09. The number of halogens is 2. The molecule has 3 amide bonds. The number of likely N-dealkylation sites (tertiary alicyclic amines) is 1. The largest absolute Gasteiger partial charge is 0.482 e. The molecule has 3 aliphatic heterocycles. The van der Waals surface area contributed by atoms with Crippen molar-refractivity contribution in [3.8, 4) is 16.9 Å². The van der Waals surface area contributed by atoms with Crippen LogP contribution in [0.25, 0.3) is 11.1 Å². The molecule has 9 nitrogen and oxygen atoms in total. The lowest BCUT2D eigenvalue weighted by Crippen LogP contribution is -2.48. The van der Waals surface area contributed by atoms with Gasteiger partial charge in [-0.05, 0) is 60.2 Å². The van der Waals surface area contributed by atoms with Crippen molar-refractivity contribution in [2.45, 2.75) is 25.3 Å². The molecule has 0 saturated carbocycles. The van der Waals surface area contributed by atoms with Gasteiger partial charge in [0.2, 0.25) is 5.91 Å². The van der Waals surface area contributed by atoms with E-state index in [1.165, 1.54) is 11.3 Å². The Bertz CT molecular complexity index is 1610. The Morgan fingerprint density at radius 2 is 1.59 bits per heavy atom. The van der Waals surface area contributed by atoms with Crippen LogP contribution in [0.4, 0.5) is 5.69 Å². The molecule has 3 aliphatic rings. The molecule has 0 radical (unpaired) electrons. The van der Waals surface area contributed by atoms with Crippen molar-refractivity contribution >= 4 is 46.6 Å². The van der Waals surface area contributed by atoms with E-state index in [0.717, 1.165) is 55.7 Å².